The van der Waals surface area contributed by atoms with Crippen LogP contribution < -0.4 is 11.1 Å². The van der Waals surface area contributed by atoms with Gasteiger partial charge in [-0.05, 0) is 36.5 Å². The molecule has 2 atom stereocenters. The van der Waals surface area contributed by atoms with Crippen LogP contribution in [-0.2, 0) is 6.54 Å². The van der Waals surface area contributed by atoms with E-state index >= 15 is 0 Å². The van der Waals surface area contributed by atoms with Gasteiger partial charge in [-0.3, -0.25) is 0 Å². The molecule has 0 saturated heterocycles. The molecule has 0 heterocycles. The van der Waals surface area contributed by atoms with Gasteiger partial charge in [0, 0.05) is 18.7 Å². The van der Waals surface area contributed by atoms with E-state index in [2.05, 4.69) is 10.5 Å². The highest BCUT2D eigenvalue weighted by Gasteiger charge is 2.24. The number of benzene rings is 1. The molecule has 1 fully saturated rings. The number of amidine groups is 1. The molecule has 1 aliphatic rings. The van der Waals surface area contributed by atoms with Crippen LogP contribution in [0.1, 0.15) is 30.4 Å². The van der Waals surface area contributed by atoms with E-state index in [-0.39, 0.29) is 17.9 Å². The Hall–Kier alpha value is -1.66. The third-order valence-corrected chi connectivity index (χ3v) is 3.80. The van der Waals surface area contributed by atoms with E-state index in [1.807, 2.05) is 0 Å². The molecule has 0 spiro atoms. The Morgan fingerprint density at radius 3 is 2.90 bits per heavy atom. The summed E-state index contributed by atoms with van der Waals surface area (Å²) >= 11 is 0. The highest BCUT2D eigenvalue weighted by molar-refractivity contribution is 5.98. The summed E-state index contributed by atoms with van der Waals surface area (Å²) in [7, 11) is 0. The molecule has 5 nitrogen and oxygen atoms in total. The molecule has 1 aromatic rings. The van der Waals surface area contributed by atoms with Crippen LogP contribution in [0.25, 0.3) is 0 Å². The highest BCUT2D eigenvalue weighted by atomic mass is 19.1. The van der Waals surface area contributed by atoms with Crippen molar-refractivity contribution in [3.8, 4) is 0 Å². The monoisotopic (exact) mass is 281 g/mol. The van der Waals surface area contributed by atoms with Gasteiger partial charge in [-0.2, -0.15) is 0 Å². The Morgan fingerprint density at radius 2 is 2.25 bits per heavy atom. The van der Waals surface area contributed by atoms with Crippen molar-refractivity contribution in [3.05, 3.63) is 35.1 Å². The zero-order valence-electron chi connectivity index (χ0n) is 11.2. The molecule has 2 unspecified atom stereocenters. The van der Waals surface area contributed by atoms with Crippen molar-refractivity contribution < 1.29 is 14.7 Å². The first kappa shape index (κ1) is 14.7. The van der Waals surface area contributed by atoms with E-state index in [0.717, 1.165) is 24.8 Å². The molecule has 1 saturated carbocycles. The molecular formula is C14H20FN3O2. The Bertz CT molecular complexity index is 493. The summed E-state index contributed by atoms with van der Waals surface area (Å²) < 4.78 is 13.2. The quantitative estimate of drug-likeness (QED) is 0.282. The molecule has 0 amide bonds. The second-order valence-electron chi connectivity index (χ2n) is 5.18. The van der Waals surface area contributed by atoms with Crippen LogP contribution in [0.2, 0.25) is 0 Å². The molecule has 6 heteroatoms. The fourth-order valence-corrected chi connectivity index (χ4v) is 2.64. The Balaban J connectivity index is 1.98. The zero-order valence-corrected chi connectivity index (χ0v) is 11.2. The van der Waals surface area contributed by atoms with Gasteiger partial charge in [-0.15, -0.1) is 0 Å². The first-order valence-corrected chi connectivity index (χ1v) is 6.77. The van der Waals surface area contributed by atoms with Crippen molar-refractivity contribution >= 4 is 5.84 Å². The maximum Gasteiger partial charge on any atom is 0.170 e. The summed E-state index contributed by atoms with van der Waals surface area (Å²) in [5.74, 6) is -0.272. The number of nitrogens with zero attached hydrogens (tertiary/aromatic N) is 1. The summed E-state index contributed by atoms with van der Waals surface area (Å²) in [4.78, 5) is 0. The summed E-state index contributed by atoms with van der Waals surface area (Å²) in [5, 5.41) is 24.6. The van der Waals surface area contributed by atoms with Crippen molar-refractivity contribution in [2.45, 2.75) is 31.9 Å². The van der Waals surface area contributed by atoms with Crippen LogP contribution in [0.3, 0.4) is 0 Å². The van der Waals surface area contributed by atoms with Crippen LogP contribution in [0.15, 0.2) is 23.4 Å². The molecular weight excluding hydrogens is 261 g/mol. The predicted octanol–water partition coefficient (Wildman–Crippen LogP) is 1.17. The molecule has 2 rings (SSSR count). The normalized spacial score (nSPS) is 23.2. The van der Waals surface area contributed by atoms with Crippen LogP contribution in [0.5, 0.6) is 0 Å². The van der Waals surface area contributed by atoms with Crippen LogP contribution in [-0.4, -0.2) is 28.8 Å². The van der Waals surface area contributed by atoms with Crippen LogP contribution >= 0.6 is 0 Å². The summed E-state index contributed by atoms with van der Waals surface area (Å²) in [5.41, 5.74) is 6.69. The first-order valence-electron chi connectivity index (χ1n) is 6.77. The maximum absolute atomic E-state index is 13.2. The minimum absolute atomic E-state index is 0.109. The number of halogens is 1. The van der Waals surface area contributed by atoms with Gasteiger partial charge in [-0.1, -0.05) is 17.6 Å². The second kappa shape index (κ2) is 6.67. The molecule has 0 bridgehead atoms. The van der Waals surface area contributed by atoms with Crippen molar-refractivity contribution in [2.75, 3.05) is 6.54 Å². The standard InChI is InChI=1S/C14H20FN3O2/c15-11-5-4-9(12(6-11)14(16)18-20)7-17-8-10-2-1-3-13(10)19/h4-6,10,13,17,19-20H,1-3,7-8H2,(H2,16,18). The number of aliphatic hydroxyl groups is 1. The Kier molecular flexibility index (Phi) is 4.92. The average molecular weight is 281 g/mol. The summed E-state index contributed by atoms with van der Waals surface area (Å²) in [6.07, 6.45) is 2.70. The number of rotatable bonds is 5. The maximum atomic E-state index is 13.2. The first-order chi connectivity index (χ1) is 9.61. The van der Waals surface area contributed by atoms with E-state index in [1.165, 1.54) is 12.1 Å². The van der Waals surface area contributed by atoms with E-state index in [9.17, 15) is 9.50 Å². The van der Waals surface area contributed by atoms with Crippen LogP contribution in [0.4, 0.5) is 4.39 Å². The van der Waals surface area contributed by atoms with Gasteiger partial charge in [0.05, 0.1) is 6.10 Å². The van der Waals surface area contributed by atoms with Gasteiger partial charge in [0.15, 0.2) is 5.84 Å². The molecule has 1 aromatic carbocycles. The lowest BCUT2D eigenvalue weighted by atomic mass is 10.0. The minimum Gasteiger partial charge on any atom is -0.409 e. The predicted molar refractivity (Wildman–Crippen MR) is 74.0 cm³/mol. The van der Waals surface area contributed by atoms with Crippen molar-refractivity contribution in [1.82, 2.24) is 5.32 Å². The number of aliphatic hydroxyl groups excluding tert-OH is 1. The number of hydrogen-bond acceptors (Lipinski definition) is 4. The van der Waals surface area contributed by atoms with Gasteiger partial charge in [0.1, 0.15) is 5.82 Å². The van der Waals surface area contributed by atoms with Gasteiger partial charge in [0.2, 0.25) is 0 Å². The molecule has 0 aromatic heterocycles. The second-order valence-corrected chi connectivity index (χ2v) is 5.18. The van der Waals surface area contributed by atoms with E-state index in [1.54, 1.807) is 6.07 Å². The zero-order chi connectivity index (χ0) is 14.5. The van der Waals surface area contributed by atoms with Gasteiger partial charge < -0.3 is 21.4 Å². The number of hydrogen-bond donors (Lipinski definition) is 4. The highest BCUT2D eigenvalue weighted by Crippen LogP contribution is 2.24. The molecule has 20 heavy (non-hydrogen) atoms. The Morgan fingerprint density at radius 1 is 1.45 bits per heavy atom. The fourth-order valence-electron chi connectivity index (χ4n) is 2.64. The molecule has 1 aliphatic carbocycles. The van der Waals surface area contributed by atoms with E-state index < -0.39 is 5.82 Å². The fraction of sp³-hybridized carbons (Fsp3) is 0.500. The average Bonchev–Trinajstić information content (AvgIpc) is 2.85. The van der Waals surface area contributed by atoms with Gasteiger partial charge in [-0.25, -0.2) is 4.39 Å². The summed E-state index contributed by atoms with van der Waals surface area (Å²) in [6, 6.07) is 4.20. The number of oxime groups is 1. The largest absolute Gasteiger partial charge is 0.409 e. The smallest absolute Gasteiger partial charge is 0.170 e. The lowest BCUT2D eigenvalue weighted by Crippen LogP contribution is -2.28. The van der Waals surface area contributed by atoms with Crippen molar-refractivity contribution in [2.24, 2.45) is 16.8 Å². The molecule has 5 N–H and O–H groups in total. The number of nitrogens with one attached hydrogen (secondary N) is 1. The summed E-state index contributed by atoms with van der Waals surface area (Å²) in [6.45, 7) is 1.18. The van der Waals surface area contributed by atoms with E-state index in [0.29, 0.717) is 18.7 Å². The van der Waals surface area contributed by atoms with Crippen molar-refractivity contribution in [3.63, 3.8) is 0 Å². The third kappa shape index (κ3) is 3.46. The molecule has 110 valence electrons. The van der Waals surface area contributed by atoms with Gasteiger partial charge in [0.25, 0.3) is 0 Å². The topological polar surface area (TPSA) is 90.9 Å². The van der Waals surface area contributed by atoms with Crippen molar-refractivity contribution in [1.29, 1.82) is 0 Å². The lowest BCUT2D eigenvalue weighted by Gasteiger charge is -2.16. The molecule has 0 aliphatic heterocycles. The minimum atomic E-state index is -0.429. The van der Waals surface area contributed by atoms with Crippen LogP contribution in [0, 0.1) is 11.7 Å². The van der Waals surface area contributed by atoms with Gasteiger partial charge >= 0.3 is 0 Å². The molecule has 0 radical (unpaired) electrons. The lowest BCUT2D eigenvalue weighted by molar-refractivity contribution is 0.131. The van der Waals surface area contributed by atoms with E-state index in [4.69, 9.17) is 10.9 Å². The third-order valence-electron chi connectivity index (χ3n) is 3.80. The Labute approximate surface area is 117 Å². The SMILES string of the molecule is NC(=NO)c1cc(F)ccc1CNCC1CCCC1O. The number of nitrogens with two attached hydrogens (primary N) is 1.